The van der Waals surface area contributed by atoms with Crippen molar-refractivity contribution in [2.45, 2.75) is 12.5 Å². The fraction of sp³-hybridized carbons (Fsp3) is 0.300. The molecule has 0 bridgehead atoms. The number of nitro groups is 1. The number of aliphatic hydroxyl groups is 1. The summed E-state index contributed by atoms with van der Waals surface area (Å²) in [6.45, 7) is -0.153. The molecule has 4 N–H and O–H groups in total. The second-order valence-corrected chi connectivity index (χ2v) is 3.96. The minimum absolute atomic E-state index is 0.0227. The van der Waals surface area contributed by atoms with Crippen molar-refractivity contribution in [2.24, 2.45) is 5.73 Å². The van der Waals surface area contributed by atoms with Crippen LogP contribution in [0.2, 0.25) is 0 Å². The number of nitrogens with one attached hydrogen (secondary N) is 1. The summed E-state index contributed by atoms with van der Waals surface area (Å²) >= 11 is 4.67. The van der Waals surface area contributed by atoms with Gasteiger partial charge in [0.25, 0.3) is 5.69 Å². The van der Waals surface area contributed by atoms with Gasteiger partial charge < -0.3 is 16.2 Å². The van der Waals surface area contributed by atoms with Gasteiger partial charge in [-0.15, -0.1) is 0 Å². The minimum Gasteiger partial charge on any atom is -0.394 e. The van der Waals surface area contributed by atoms with Gasteiger partial charge in [-0.05, 0) is 24.2 Å². The van der Waals surface area contributed by atoms with Crippen LogP contribution in [0, 0.1) is 10.1 Å². The van der Waals surface area contributed by atoms with E-state index in [1.54, 1.807) is 12.1 Å². The van der Waals surface area contributed by atoms with Crippen molar-refractivity contribution in [2.75, 3.05) is 6.61 Å². The molecule has 0 fully saturated rings. The van der Waals surface area contributed by atoms with E-state index in [9.17, 15) is 10.1 Å². The van der Waals surface area contributed by atoms with E-state index in [1.807, 2.05) is 0 Å². The van der Waals surface area contributed by atoms with Gasteiger partial charge in [-0.3, -0.25) is 10.1 Å². The lowest BCUT2D eigenvalue weighted by atomic mass is 10.1. The minimum atomic E-state index is -0.460. The molecular weight excluding hydrogens is 242 g/mol. The molecule has 1 aromatic carbocycles. The number of aliphatic hydroxyl groups excluding tert-OH is 1. The molecule has 0 heterocycles. The molecule has 0 aliphatic carbocycles. The summed E-state index contributed by atoms with van der Waals surface area (Å²) in [5.74, 6) is 0. The lowest BCUT2D eigenvalue weighted by Gasteiger charge is -2.15. The third-order valence-electron chi connectivity index (χ3n) is 2.17. The van der Waals surface area contributed by atoms with Crippen molar-refractivity contribution >= 4 is 23.0 Å². The van der Waals surface area contributed by atoms with E-state index in [0.717, 1.165) is 5.56 Å². The van der Waals surface area contributed by atoms with Gasteiger partial charge in [0, 0.05) is 12.1 Å². The highest BCUT2D eigenvalue weighted by Crippen LogP contribution is 2.14. The van der Waals surface area contributed by atoms with Crippen LogP contribution in [0.3, 0.4) is 0 Å². The zero-order chi connectivity index (χ0) is 12.8. The molecule has 0 saturated carbocycles. The maximum atomic E-state index is 10.6. The first kappa shape index (κ1) is 13.3. The van der Waals surface area contributed by atoms with E-state index in [1.165, 1.54) is 12.1 Å². The van der Waals surface area contributed by atoms with E-state index in [2.05, 4.69) is 17.5 Å². The highest BCUT2D eigenvalue weighted by molar-refractivity contribution is 7.80. The molecule has 0 amide bonds. The van der Waals surface area contributed by atoms with Gasteiger partial charge in [-0.25, -0.2) is 0 Å². The van der Waals surface area contributed by atoms with Gasteiger partial charge in [0.15, 0.2) is 5.11 Å². The van der Waals surface area contributed by atoms with Crippen LogP contribution in [0.1, 0.15) is 5.56 Å². The zero-order valence-corrected chi connectivity index (χ0v) is 9.81. The predicted octanol–water partition coefficient (Wildman–Crippen LogP) is 0.331. The lowest BCUT2D eigenvalue weighted by Crippen LogP contribution is -2.41. The van der Waals surface area contributed by atoms with Crippen LogP contribution in [-0.4, -0.2) is 27.8 Å². The molecule has 1 rings (SSSR count). The standard InChI is InChI=1S/C10H13N3O3S/c11-10(17)12-8(6-14)4-7-2-1-3-9(5-7)13(15)16/h1-3,5,8,14H,4,6H2,(H3,11,12,17)/t8-/m0/s1. The number of nitrogens with two attached hydrogens (primary N) is 1. The van der Waals surface area contributed by atoms with E-state index >= 15 is 0 Å². The smallest absolute Gasteiger partial charge is 0.269 e. The zero-order valence-electron chi connectivity index (χ0n) is 9.00. The van der Waals surface area contributed by atoms with E-state index in [4.69, 9.17) is 10.8 Å². The number of nitrogens with zero attached hydrogens (tertiary/aromatic N) is 1. The molecule has 0 spiro atoms. The third kappa shape index (κ3) is 4.33. The summed E-state index contributed by atoms with van der Waals surface area (Å²) in [4.78, 5) is 10.1. The summed E-state index contributed by atoms with van der Waals surface area (Å²) in [5.41, 5.74) is 6.06. The Hall–Kier alpha value is -1.73. The van der Waals surface area contributed by atoms with Gasteiger partial charge in [-0.2, -0.15) is 0 Å². The van der Waals surface area contributed by atoms with Crippen molar-refractivity contribution in [3.8, 4) is 0 Å². The average Bonchev–Trinajstić information content (AvgIpc) is 2.28. The normalized spacial score (nSPS) is 11.8. The maximum absolute atomic E-state index is 10.6. The topological polar surface area (TPSA) is 101 Å². The van der Waals surface area contributed by atoms with Crippen LogP contribution in [-0.2, 0) is 6.42 Å². The van der Waals surface area contributed by atoms with E-state index < -0.39 is 4.92 Å². The Morgan fingerprint density at radius 2 is 2.35 bits per heavy atom. The molecule has 0 saturated heterocycles. The molecule has 0 radical (unpaired) electrons. The highest BCUT2D eigenvalue weighted by Gasteiger charge is 2.11. The molecule has 6 nitrogen and oxygen atoms in total. The van der Waals surface area contributed by atoms with Crippen LogP contribution in [0.5, 0.6) is 0 Å². The van der Waals surface area contributed by atoms with Crippen molar-refractivity contribution < 1.29 is 10.0 Å². The molecule has 92 valence electrons. The Morgan fingerprint density at radius 3 is 2.88 bits per heavy atom. The third-order valence-corrected chi connectivity index (χ3v) is 2.29. The molecule has 1 aromatic rings. The Labute approximate surface area is 104 Å². The number of nitro benzene ring substituents is 1. The molecule has 0 aliphatic rings. The summed E-state index contributed by atoms with van der Waals surface area (Å²) in [6, 6.07) is 5.89. The lowest BCUT2D eigenvalue weighted by molar-refractivity contribution is -0.384. The number of thiocarbonyl (C=S) groups is 1. The molecule has 7 heteroatoms. The van der Waals surface area contributed by atoms with Crippen LogP contribution in [0.25, 0.3) is 0 Å². The molecule has 0 aliphatic heterocycles. The molecular formula is C10H13N3O3S. The second-order valence-electron chi connectivity index (χ2n) is 3.52. The van der Waals surface area contributed by atoms with Gasteiger partial charge in [0.1, 0.15) is 0 Å². The number of benzene rings is 1. The van der Waals surface area contributed by atoms with Crippen LogP contribution < -0.4 is 11.1 Å². The molecule has 1 atom stereocenters. The predicted molar refractivity (Wildman–Crippen MR) is 67.6 cm³/mol. The maximum Gasteiger partial charge on any atom is 0.269 e. The van der Waals surface area contributed by atoms with Gasteiger partial charge in [-0.1, -0.05) is 12.1 Å². The molecule has 0 unspecified atom stereocenters. The van der Waals surface area contributed by atoms with Crippen LogP contribution >= 0.6 is 12.2 Å². The Bertz CT molecular complexity index is 425. The quantitative estimate of drug-likeness (QED) is 0.398. The monoisotopic (exact) mass is 255 g/mol. The van der Waals surface area contributed by atoms with Crippen molar-refractivity contribution in [1.29, 1.82) is 0 Å². The first-order valence-corrected chi connectivity index (χ1v) is 5.34. The van der Waals surface area contributed by atoms with Crippen LogP contribution in [0.4, 0.5) is 5.69 Å². The number of non-ortho nitro benzene ring substituents is 1. The summed E-state index contributed by atoms with van der Waals surface area (Å²) in [7, 11) is 0. The van der Waals surface area contributed by atoms with E-state index in [0.29, 0.717) is 6.42 Å². The van der Waals surface area contributed by atoms with Crippen LogP contribution in [0.15, 0.2) is 24.3 Å². The molecule has 17 heavy (non-hydrogen) atoms. The Kier molecular flexibility index (Phi) is 4.80. The second kappa shape index (κ2) is 6.12. The fourth-order valence-corrected chi connectivity index (χ4v) is 1.61. The summed E-state index contributed by atoms with van der Waals surface area (Å²) in [5, 5.41) is 22.5. The average molecular weight is 255 g/mol. The Balaban J connectivity index is 2.75. The van der Waals surface area contributed by atoms with Crippen molar-refractivity contribution in [3.63, 3.8) is 0 Å². The van der Waals surface area contributed by atoms with Crippen molar-refractivity contribution in [1.82, 2.24) is 5.32 Å². The number of hydrogen-bond acceptors (Lipinski definition) is 4. The molecule has 0 aromatic heterocycles. The van der Waals surface area contributed by atoms with Crippen molar-refractivity contribution in [3.05, 3.63) is 39.9 Å². The number of rotatable bonds is 5. The SMILES string of the molecule is NC(=S)N[C@H](CO)Cc1cccc([N+](=O)[O-])c1. The van der Waals surface area contributed by atoms with Gasteiger partial charge in [0.2, 0.25) is 0 Å². The summed E-state index contributed by atoms with van der Waals surface area (Å²) in [6.07, 6.45) is 0.412. The first-order valence-electron chi connectivity index (χ1n) is 4.93. The van der Waals surface area contributed by atoms with Gasteiger partial charge >= 0.3 is 0 Å². The van der Waals surface area contributed by atoms with Gasteiger partial charge in [0.05, 0.1) is 17.6 Å². The fourth-order valence-electron chi connectivity index (χ4n) is 1.44. The van der Waals surface area contributed by atoms with E-state index in [-0.39, 0.29) is 23.4 Å². The Morgan fingerprint density at radius 1 is 1.65 bits per heavy atom. The highest BCUT2D eigenvalue weighted by atomic mass is 32.1. The summed E-state index contributed by atoms with van der Waals surface area (Å²) < 4.78 is 0. The number of hydrogen-bond donors (Lipinski definition) is 3. The first-order chi connectivity index (χ1) is 8.02. The largest absolute Gasteiger partial charge is 0.394 e.